The first-order chi connectivity index (χ1) is 4.63. The molecule has 10 heavy (non-hydrogen) atoms. The van der Waals surface area contributed by atoms with Crippen LogP contribution in [0, 0.1) is 0 Å². The fourth-order valence-electron chi connectivity index (χ4n) is 0.296. The van der Waals surface area contributed by atoms with Gasteiger partial charge in [0.25, 0.3) is 0 Å². The molecule has 58 valence electrons. The molecule has 4 heteroatoms. The van der Waals surface area contributed by atoms with Crippen molar-refractivity contribution in [1.82, 2.24) is 5.48 Å². The highest BCUT2D eigenvalue weighted by Gasteiger charge is 1.91. The van der Waals surface area contributed by atoms with E-state index in [1.54, 1.807) is 0 Å². The zero-order valence-corrected chi connectivity index (χ0v) is 6.02. The van der Waals surface area contributed by atoms with Gasteiger partial charge in [-0.2, -0.15) is 5.48 Å². The third-order valence-electron chi connectivity index (χ3n) is 0.690. The molecule has 4 nitrogen and oxygen atoms in total. The molecule has 0 aliphatic rings. The lowest BCUT2D eigenvalue weighted by molar-refractivity contribution is -0.125. The highest BCUT2D eigenvalue weighted by atomic mass is 16.6. The summed E-state index contributed by atoms with van der Waals surface area (Å²) in [5.74, 6) is -0.491. The van der Waals surface area contributed by atoms with Gasteiger partial charge >= 0.3 is 0 Å². The van der Waals surface area contributed by atoms with E-state index in [4.69, 9.17) is 5.73 Å². The molecule has 0 spiro atoms. The van der Waals surface area contributed by atoms with Gasteiger partial charge in [-0.3, -0.25) is 9.63 Å². The van der Waals surface area contributed by atoms with Crippen LogP contribution in [0.5, 0.6) is 0 Å². The summed E-state index contributed by atoms with van der Waals surface area (Å²) in [5, 5.41) is 0. The maximum absolute atomic E-state index is 10.1. The molecule has 0 radical (unpaired) electrons. The zero-order chi connectivity index (χ0) is 7.98. The Morgan fingerprint density at radius 1 is 1.80 bits per heavy atom. The summed E-state index contributed by atoms with van der Waals surface area (Å²) < 4.78 is 0. The topological polar surface area (TPSA) is 64.3 Å². The highest BCUT2D eigenvalue weighted by molar-refractivity contribution is 5.74. The fraction of sp³-hybridized carbons (Fsp3) is 0.500. The second kappa shape index (κ2) is 4.96. The number of hydrogen-bond donors (Lipinski definition) is 2. The van der Waals surface area contributed by atoms with E-state index in [0.717, 1.165) is 5.57 Å². The second-order valence-electron chi connectivity index (χ2n) is 2.03. The standard InChI is InChI=1S/C6H12N2O2/c1-5(2)3-8-10-4-6(7)9/h8H,1,3-4H2,2H3,(H2,7,9). The third-order valence-corrected chi connectivity index (χ3v) is 0.690. The average molecular weight is 144 g/mol. The van der Waals surface area contributed by atoms with Gasteiger partial charge in [-0.25, -0.2) is 0 Å². The number of hydroxylamine groups is 1. The van der Waals surface area contributed by atoms with Gasteiger partial charge < -0.3 is 5.73 Å². The molecule has 3 N–H and O–H groups in total. The van der Waals surface area contributed by atoms with Gasteiger partial charge in [-0.05, 0) is 6.92 Å². The number of primary amides is 1. The molecule has 0 aromatic carbocycles. The molecule has 0 aromatic heterocycles. The van der Waals surface area contributed by atoms with E-state index in [1.807, 2.05) is 6.92 Å². The van der Waals surface area contributed by atoms with Crippen LogP contribution in [-0.2, 0) is 9.63 Å². The Morgan fingerprint density at radius 3 is 2.80 bits per heavy atom. The van der Waals surface area contributed by atoms with Gasteiger partial charge in [0.1, 0.15) is 6.61 Å². The SMILES string of the molecule is C=C(C)CNOCC(N)=O. The van der Waals surface area contributed by atoms with Crippen LogP contribution in [0.2, 0.25) is 0 Å². The van der Waals surface area contributed by atoms with E-state index in [1.165, 1.54) is 0 Å². The van der Waals surface area contributed by atoms with E-state index in [2.05, 4.69) is 16.9 Å². The Bertz CT molecular complexity index is 118. The van der Waals surface area contributed by atoms with E-state index >= 15 is 0 Å². The van der Waals surface area contributed by atoms with Crippen molar-refractivity contribution in [2.75, 3.05) is 13.2 Å². The van der Waals surface area contributed by atoms with Crippen molar-refractivity contribution in [2.24, 2.45) is 5.73 Å². The first kappa shape index (κ1) is 9.13. The number of nitrogens with one attached hydrogen (secondary N) is 1. The van der Waals surface area contributed by atoms with Crippen molar-refractivity contribution in [3.63, 3.8) is 0 Å². The van der Waals surface area contributed by atoms with E-state index in [-0.39, 0.29) is 6.61 Å². The van der Waals surface area contributed by atoms with Gasteiger partial charge in [0.2, 0.25) is 5.91 Å². The molecule has 0 fully saturated rings. The summed E-state index contributed by atoms with van der Waals surface area (Å²) in [6.07, 6.45) is 0. The fourth-order valence-corrected chi connectivity index (χ4v) is 0.296. The smallest absolute Gasteiger partial charge is 0.245 e. The molecule has 0 aliphatic heterocycles. The van der Waals surface area contributed by atoms with Gasteiger partial charge in [0.05, 0.1) is 0 Å². The van der Waals surface area contributed by atoms with Crippen LogP contribution in [0.1, 0.15) is 6.92 Å². The molecule has 0 atom stereocenters. The predicted octanol–water partition coefficient (Wildman–Crippen LogP) is -0.431. The first-order valence-electron chi connectivity index (χ1n) is 2.90. The maximum Gasteiger partial charge on any atom is 0.245 e. The van der Waals surface area contributed by atoms with Crippen LogP contribution < -0.4 is 11.2 Å². The predicted molar refractivity (Wildman–Crippen MR) is 38.0 cm³/mol. The number of carbonyl (C=O) groups excluding carboxylic acids is 1. The summed E-state index contributed by atoms with van der Waals surface area (Å²) in [4.78, 5) is 14.7. The Balaban J connectivity index is 3.06. The Labute approximate surface area is 60.0 Å². The molecular weight excluding hydrogens is 132 g/mol. The molecule has 0 aliphatic carbocycles. The van der Waals surface area contributed by atoms with Crippen molar-refractivity contribution in [3.8, 4) is 0 Å². The van der Waals surface area contributed by atoms with Crippen LogP contribution in [0.25, 0.3) is 0 Å². The van der Waals surface area contributed by atoms with Crippen molar-refractivity contribution < 1.29 is 9.63 Å². The Hall–Kier alpha value is -0.870. The van der Waals surface area contributed by atoms with E-state index in [9.17, 15) is 4.79 Å². The van der Waals surface area contributed by atoms with Gasteiger partial charge in [-0.15, -0.1) is 0 Å². The molecule has 0 heterocycles. The minimum absolute atomic E-state index is 0.104. The molecule has 1 amide bonds. The Morgan fingerprint density at radius 2 is 2.40 bits per heavy atom. The lowest BCUT2D eigenvalue weighted by Crippen LogP contribution is -2.25. The minimum atomic E-state index is -0.491. The second-order valence-corrected chi connectivity index (χ2v) is 2.03. The minimum Gasteiger partial charge on any atom is -0.368 e. The van der Waals surface area contributed by atoms with Crippen molar-refractivity contribution >= 4 is 5.91 Å². The number of hydrogen-bond acceptors (Lipinski definition) is 3. The first-order valence-corrected chi connectivity index (χ1v) is 2.90. The van der Waals surface area contributed by atoms with Gasteiger partial charge in [0.15, 0.2) is 0 Å². The number of carbonyl (C=O) groups is 1. The zero-order valence-electron chi connectivity index (χ0n) is 6.02. The normalized spacial score (nSPS) is 9.30. The number of rotatable bonds is 5. The van der Waals surface area contributed by atoms with Gasteiger partial charge in [-0.1, -0.05) is 12.2 Å². The molecular formula is C6H12N2O2. The summed E-state index contributed by atoms with van der Waals surface area (Å²) in [6, 6.07) is 0. The molecule has 0 unspecified atom stereocenters. The summed E-state index contributed by atoms with van der Waals surface area (Å²) >= 11 is 0. The van der Waals surface area contributed by atoms with Crippen molar-refractivity contribution in [2.45, 2.75) is 6.92 Å². The van der Waals surface area contributed by atoms with Crippen LogP contribution in [-0.4, -0.2) is 19.1 Å². The molecule has 0 bridgehead atoms. The maximum atomic E-state index is 10.1. The molecule has 0 aromatic rings. The molecule has 0 saturated carbocycles. The quantitative estimate of drug-likeness (QED) is 0.312. The van der Waals surface area contributed by atoms with Crippen molar-refractivity contribution in [3.05, 3.63) is 12.2 Å². The largest absolute Gasteiger partial charge is 0.368 e. The van der Waals surface area contributed by atoms with Crippen molar-refractivity contribution in [1.29, 1.82) is 0 Å². The van der Waals surface area contributed by atoms with Crippen LogP contribution in [0.15, 0.2) is 12.2 Å². The number of nitrogens with two attached hydrogens (primary N) is 1. The van der Waals surface area contributed by atoms with Gasteiger partial charge in [0, 0.05) is 6.54 Å². The van der Waals surface area contributed by atoms with E-state index < -0.39 is 5.91 Å². The molecule has 0 saturated heterocycles. The van der Waals surface area contributed by atoms with Crippen LogP contribution >= 0.6 is 0 Å². The summed E-state index contributed by atoms with van der Waals surface area (Å²) in [5.41, 5.74) is 8.23. The Kier molecular flexibility index (Phi) is 4.53. The monoisotopic (exact) mass is 144 g/mol. The summed E-state index contributed by atoms with van der Waals surface area (Å²) in [6.45, 7) is 5.89. The summed E-state index contributed by atoms with van der Waals surface area (Å²) in [7, 11) is 0. The number of amides is 1. The third kappa shape index (κ3) is 7.13. The molecule has 0 rings (SSSR count). The lowest BCUT2D eigenvalue weighted by atomic mass is 10.4. The van der Waals surface area contributed by atoms with E-state index in [0.29, 0.717) is 6.54 Å². The highest BCUT2D eigenvalue weighted by Crippen LogP contribution is 1.80. The van der Waals surface area contributed by atoms with Crippen LogP contribution in [0.3, 0.4) is 0 Å². The average Bonchev–Trinajstić information content (AvgIpc) is 1.79. The lowest BCUT2D eigenvalue weighted by Gasteiger charge is -2.01. The van der Waals surface area contributed by atoms with Crippen LogP contribution in [0.4, 0.5) is 0 Å².